The third kappa shape index (κ3) is 5.01. The number of nitrogens with two attached hydrogens (primary N) is 1. The van der Waals surface area contributed by atoms with Crippen LogP contribution in [0.1, 0.15) is 16.7 Å². The molecule has 3 N–H and O–H groups in total. The first-order valence-corrected chi connectivity index (χ1v) is 5.83. The average molecular weight is 300 g/mol. The number of alkyl halides is 6. The Morgan fingerprint density at radius 3 is 1.75 bits per heavy atom. The van der Waals surface area contributed by atoms with Gasteiger partial charge >= 0.3 is 12.4 Å². The Morgan fingerprint density at radius 2 is 1.35 bits per heavy atom. The molecule has 1 rings (SSSR count). The molecule has 0 bridgehead atoms. The monoisotopic (exact) mass is 300 g/mol. The van der Waals surface area contributed by atoms with Gasteiger partial charge in [-0.3, -0.25) is 0 Å². The van der Waals surface area contributed by atoms with Crippen molar-refractivity contribution >= 4 is 0 Å². The molecule has 0 spiro atoms. The van der Waals surface area contributed by atoms with Crippen LogP contribution < -0.4 is 11.1 Å². The van der Waals surface area contributed by atoms with Gasteiger partial charge in [-0.15, -0.1) is 0 Å². The van der Waals surface area contributed by atoms with Gasteiger partial charge in [0.25, 0.3) is 0 Å². The zero-order chi connectivity index (χ0) is 15.4. The lowest BCUT2D eigenvalue weighted by atomic mass is 10.0. The minimum absolute atomic E-state index is 0.0170. The summed E-state index contributed by atoms with van der Waals surface area (Å²) in [6, 6.07) is 1.59. The number of hydrogen-bond acceptors (Lipinski definition) is 2. The fraction of sp³-hybridized carbons (Fsp3) is 0.500. The van der Waals surface area contributed by atoms with E-state index in [2.05, 4.69) is 5.32 Å². The van der Waals surface area contributed by atoms with Crippen molar-refractivity contribution in [1.82, 2.24) is 5.32 Å². The summed E-state index contributed by atoms with van der Waals surface area (Å²) < 4.78 is 75.5. The van der Waals surface area contributed by atoms with Crippen LogP contribution in [0.3, 0.4) is 0 Å². The molecule has 1 aromatic carbocycles. The summed E-state index contributed by atoms with van der Waals surface area (Å²) in [6.45, 7) is 1.05. The highest BCUT2D eigenvalue weighted by Crippen LogP contribution is 2.36. The van der Waals surface area contributed by atoms with Gasteiger partial charge in [0, 0.05) is 13.1 Å². The SMILES string of the molecule is NCCNCCc1cc(C(F)(F)F)cc(C(F)(F)F)c1. The molecule has 0 aliphatic rings. The zero-order valence-electron chi connectivity index (χ0n) is 10.4. The zero-order valence-corrected chi connectivity index (χ0v) is 10.4. The first-order valence-electron chi connectivity index (χ1n) is 5.83. The van der Waals surface area contributed by atoms with Crippen molar-refractivity contribution in [2.24, 2.45) is 5.73 Å². The molecular weight excluding hydrogens is 286 g/mol. The normalized spacial score (nSPS) is 12.8. The average Bonchev–Trinajstić information content (AvgIpc) is 2.32. The molecule has 0 aliphatic carbocycles. The van der Waals surface area contributed by atoms with Crippen LogP contribution in [0.5, 0.6) is 0 Å². The molecule has 0 saturated heterocycles. The third-order valence-corrected chi connectivity index (χ3v) is 2.56. The Bertz CT molecular complexity index is 406. The Balaban J connectivity index is 2.99. The van der Waals surface area contributed by atoms with Crippen molar-refractivity contribution in [1.29, 1.82) is 0 Å². The summed E-state index contributed by atoms with van der Waals surface area (Å²) in [5.41, 5.74) is 2.61. The van der Waals surface area contributed by atoms with Gasteiger partial charge in [-0.25, -0.2) is 0 Å². The van der Waals surface area contributed by atoms with Crippen molar-refractivity contribution in [2.45, 2.75) is 18.8 Å². The molecular formula is C12H14F6N2. The van der Waals surface area contributed by atoms with Crippen LogP contribution in [0.2, 0.25) is 0 Å². The van der Waals surface area contributed by atoms with E-state index in [1.165, 1.54) is 0 Å². The van der Waals surface area contributed by atoms with E-state index in [-0.39, 0.29) is 24.6 Å². The van der Waals surface area contributed by atoms with Crippen LogP contribution in [0.4, 0.5) is 26.3 Å². The highest BCUT2D eigenvalue weighted by Gasteiger charge is 2.36. The van der Waals surface area contributed by atoms with E-state index < -0.39 is 23.5 Å². The van der Waals surface area contributed by atoms with E-state index in [0.717, 1.165) is 12.1 Å². The number of benzene rings is 1. The van der Waals surface area contributed by atoms with Crippen molar-refractivity contribution < 1.29 is 26.3 Å². The largest absolute Gasteiger partial charge is 0.416 e. The molecule has 8 heteroatoms. The molecule has 0 atom stereocenters. The van der Waals surface area contributed by atoms with Crippen LogP contribution >= 0.6 is 0 Å². The summed E-state index contributed by atoms with van der Waals surface area (Å²) in [4.78, 5) is 0. The first-order chi connectivity index (χ1) is 9.14. The van der Waals surface area contributed by atoms with Crippen LogP contribution in [0.15, 0.2) is 18.2 Å². The van der Waals surface area contributed by atoms with Crippen LogP contribution in [-0.2, 0) is 18.8 Å². The lowest BCUT2D eigenvalue weighted by molar-refractivity contribution is -0.143. The van der Waals surface area contributed by atoms with Gasteiger partial charge in [-0.05, 0) is 36.7 Å². The van der Waals surface area contributed by atoms with E-state index in [9.17, 15) is 26.3 Å². The molecule has 0 radical (unpaired) electrons. The van der Waals surface area contributed by atoms with Gasteiger partial charge < -0.3 is 11.1 Å². The third-order valence-electron chi connectivity index (χ3n) is 2.56. The maximum atomic E-state index is 12.6. The second-order valence-corrected chi connectivity index (χ2v) is 4.20. The van der Waals surface area contributed by atoms with Crippen molar-refractivity contribution in [3.8, 4) is 0 Å². The number of nitrogens with one attached hydrogen (secondary N) is 1. The van der Waals surface area contributed by atoms with Gasteiger partial charge in [0.05, 0.1) is 11.1 Å². The summed E-state index contributed by atoms with van der Waals surface area (Å²) in [5, 5.41) is 2.81. The van der Waals surface area contributed by atoms with Gasteiger partial charge in [-0.1, -0.05) is 0 Å². The molecule has 1 aromatic rings. The number of rotatable bonds is 5. The highest BCUT2D eigenvalue weighted by atomic mass is 19.4. The maximum Gasteiger partial charge on any atom is 0.416 e. The van der Waals surface area contributed by atoms with Crippen molar-refractivity contribution in [3.63, 3.8) is 0 Å². The predicted octanol–water partition coefficient (Wildman–Crippen LogP) is 2.82. The molecule has 20 heavy (non-hydrogen) atoms. The van der Waals surface area contributed by atoms with Crippen LogP contribution in [0.25, 0.3) is 0 Å². The molecule has 0 unspecified atom stereocenters. The standard InChI is InChI=1S/C12H14F6N2/c13-11(14,15)9-5-8(1-3-20-4-2-19)6-10(7-9)12(16,17)18/h5-7,20H,1-4,19H2. The smallest absolute Gasteiger partial charge is 0.329 e. The molecule has 0 amide bonds. The summed E-state index contributed by atoms with van der Waals surface area (Å²) in [7, 11) is 0. The predicted molar refractivity (Wildman–Crippen MR) is 62.1 cm³/mol. The quantitative estimate of drug-likeness (QED) is 0.648. The van der Waals surface area contributed by atoms with Crippen LogP contribution in [-0.4, -0.2) is 19.6 Å². The van der Waals surface area contributed by atoms with E-state index in [0.29, 0.717) is 13.1 Å². The van der Waals surface area contributed by atoms with E-state index in [4.69, 9.17) is 5.73 Å². The number of hydrogen-bond donors (Lipinski definition) is 2. The Morgan fingerprint density at radius 1 is 0.850 bits per heavy atom. The van der Waals surface area contributed by atoms with Crippen molar-refractivity contribution in [3.05, 3.63) is 34.9 Å². The summed E-state index contributed by atoms with van der Waals surface area (Å²) in [5.74, 6) is 0. The Labute approximate surface area is 112 Å². The lowest BCUT2D eigenvalue weighted by Crippen LogP contribution is -2.24. The molecule has 2 nitrogen and oxygen atoms in total. The fourth-order valence-electron chi connectivity index (χ4n) is 1.62. The molecule has 0 aliphatic heterocycles. The molecule has 0 fully saturated rings. The Kier molecular flexibility index (Phi) is 5.41. The van der Waals surface area contributed by atoms with Crippen molar-refractivity contribution in [2.75, 3.05) is 19.6 Å². The van der Waals surface area contributed by atoms with Crippen LogP contribution in [0, 0.1) is 0 Å². The Hall–Kier alpha value is -1.28. The van der Waals surface area contributed by atoms with E-state index >= 15 is 0 Å². The molecule has 0 heterocycles. The lowest BCUT2D eigenvalue weighted by Gasteiger charge is -2.14. The maximum absolute atomic E-state index is 12.6. The number of halogens is 6. The van der Waals surface area contributed by atoms with Gasteiger partial charge in [-0.2, -0.15) is 26.3 Å². The fourth-order valence-corrected chi connectivity index (χ4v) is 1.62. The molecule has 0 aromatic heterocycles. The summed E-state index contributed by atoms with van der Waals surface area (Å²) >= 11 is 0. The molecule has 114 valence electrons. The van der Waals surface area contributed by atoms with E-state index in [1.54, 1.807) is 0 Å². The minimum Gasteiger partial charge on any atom is -0.329 e. The van der Waals surface area contributed by atoms with Gasteiger partial charge in [0.2, 0.25) is 0 Å². The van der Waals surface area contributed by atoms with E-state index in [1.807, 2.05) is 0 Å². The summed E-state index contributed by atoms with van der Waals surface area (Å²) in [6.07, 6.45) is -9.55. The minimum atomic E-state index is -4.80. The van der Waals surface area contributed by atoms with Gasteiger partial charge in [0.15, 0.2) is 0 Å². The second kappa shape index (κ2) is 6.45. The highest BCUT2D eigenvalue weighted by molar-refractivity contribution is 5.33. The second-order valence-electron chi connectivity index (χ2n) is 4.20. The molecule has 0 saturated carbocycles. The topological polar surface area (TPSA) is 38.0 Å². The first kappa shape index (κ1) is 16.8. The van der Waals surface area contributed by atoms with Gasteiger partial charge in [0.1, 0.15) is 0 Å².